The number of aromatic hydroxyl groups is 2. The van der Waals surface area contributed by atoms with Crippen molar-refractivity contribution in [1.29, 1.82) is 0 Å². The zero-order valence-corrected chi connectivity index (χ0v) is 11.1. The lowest BCUT2D eigenvalue weighted by atomic mass is 10.2. The number of phenolic OH excluding ortho intramolecular Hbond substituents is 2. The number of phenols is 2. The Hall–Kier alpha value is -2.07. The van der Waals surface area contributed by atoms with Crippen LogP contribution >= 0.6 is 11.6 Å². The van der Waals surface area contributed by atoms with E-state index in [1.165, 1.54) is 6.07 Å². The number of ether oxygens (including phenoxy) is 1. The summed E-state index contributed by atoms with van der Waals surface area (Å²) in [6, 6.07) is 9.96. The highest BCUT2D eigenvalue weighted by molar-refractivity contribution is 6.32. The molecular weight excluding hydrogens is 266 g/mol. The summed E-state index contributed by atoms with van der Waals surface area (Å²) in [7, 11) is 1.55. The highest BCUT2D eigenvalue weighted by atomic mass is 35.5. The molecule has 0 fully saturated rings. The highest BCUT2D eigenvalue weighted by Crippen LogP contribution is 2.28. The molecule has 5 heteroatoms. The van der Waals surface area contributed by atoms with Crippen LogP contribution in [0, 0.1) is 0 Å². The summed E-state index contributed by atoms with van der Waals surface area (Å²) >= 11 is 5.81. The number of rotatable bonds is 4. The lowest BCUT2D eigenvalue weighted by Gasteiger charge is -2.10. The fraction of sp³-hybridized carbons (Fsp3) is 0.143. The molecule has 2 aromatic rings. The van der Waals surface area contributed by atoms with Crippen molar-refractivity contribution in [3.63, 3.8) is 0 Å². The molecule has 2 aromatic carbocycles. The van der Waals surface area contributed by atoms with Gasteiger partial charge in [0, 0.05) is 23.9 Å². The fourth-order valence-electron chi connectivity index (χ4n) is 1.63. The molecule has 0 saturated carbocycles. The molecule has 0 aliphatic rings. The number of halogens is 1. The van der Waals surface area contributed by atoms with E-state index in [0.29, 0.717) is 12.3 Å². The molecule has 4 nitrogen and oxygen atoms in total. The van der Waals surface area contributed by atoms with Gasteiger partial charge in [-0.2, -0.15) is 0 Å². The topological polar surface area (TPSA) is 61.7 Å². The van der Waals surface area contributed by atoms with Crippen LogP contribution in [0.4, 0.5) is 5.69 Å². The van der Waals surface area contributed by atoms with Crippen molar-refractivity contribution >= 4 is 17.3 Å². The molecule has 19 heavy (non-hydrogen) atoms. The predicted octanol–water partition coefficient (Wildman–Crippen LogP) is 3.37. The number of anilines is 1. The lowest BCUT2D eigenvalue weighted by Crippen LogP contribution is -1.99. The third-order valence-corrected chi connectivity index (χ3v) is 3.03. The molecule has 0 aliphatic carbocycles. The van der Waals surface area contributed by atoms with E-state index in [0.717, 1.165) is 11.3 Å². The van der Waals surface area contributed by atoms with Crippen LogP contribution in [0.15, 0.2) is 36.4 Å². The molecule has 0 spiro atoms. The maximum atomic E-state index is 9.81. The van der Waals surface area contributed by atoms with Gasteiger partial charge in [0.05, 0.1) is 12.1 Å². The normalized spacial score (nSPS) is 10.2. The Bertz CT molecular complexity index is 587. The second-order valence-corrected chi connectivity index (χ2v) is 4.42. The van der Waals surface area contributed by atoms with Crippen molar-refractivity contribution in [2.75, 3.05) is 12.4 Å². The Morgan fingerprint density at radius 1 is 1.11 bits per heavy atom. The van der Waals surface area contributed by atoms with Gasteiger partial charge in [0.2, 0.25) is 0 Å². The second-order valence-electron chi connectivity index (χ2n) is 4.01. The molecule has 0 saturated heterocycles. The van der Waals surface area contributed by atoms with E-state index in [1.807, 2.05) is 0 Å². The minimum Gasteiger partial charge on any atom is -0.507 e. The van der Waals surface area contributed by atoms with Crippen molar-refractivity contribution in [1.82, 2.24) is 0 Å². The van der Waals surface area contributed by atoms with Crippen LogP contribution in [0.25, 0.3) is 0 Å². The Labute approximate surface area is 116 Å². The van der Waals surface area contributed by atoms with Crippen molar-refractivity contribution in [2.45, 2.75) is 6.54 Å². The zero-order chi connectivity index (χ0) is 13.8. The molecule has 0 amide bonds. The number of hydrogen-bond donors (Lipinski definition) is 3. The molecular formula is C14H14ClNO3. The summed E-state index contributed by atoms with van der Waals surface area (Å²) in [5.41, 5.74) is 1.50. The predicted molar refractivity (Wildman–Crippen MR) is 75.1 cm³/mol. The standard InChI is InChI=1S/C14H14ClNO3/c1-19-11-4-2-9(14(18)7-11)8-16-10-3-5-13(17)12(15)6-10/h2-7,16-18H,8H2,1H3. The van der Waals surface area contributed by atoms with Crippen molar-refractivity contribution in [3.05, 3.63) is 47.0 Å². The van der Waals surface area contributed by atoms with Gasteiger partial charge in [0.15, 0.2) is 0 Å². The summed E-state index contributed by atoms with van der Waals surface area (Å²) in [6.07, 6.45) is 0. The molecule has 0 unspecified atom stereocenters. The van der Waals surface area contributed by atoms with Crippen molar-refractivity contribution < 1.29 is 14.9 Å². The first-order valence-corrected chi connectivity index (χ1v) is 6.06. The van der Waals surface area contributed by atoms with Gasteiger partial charge in [-0.1, -0.05) is 11.6 Å². The van der Waals surface area contributed by atoms with E-state index < -0.39 is 0 Å². The van der Waals surface area contributed by atoms with E-state index in [2.05, 4.69) is 5.32 Å². The Morgan fingerprint density at radius 2 is 1.89 bits per heavy atom. The molecule has 2 rings (SSSR count). The van der Waals surface area contributed by atoms with Gasteiger partial charge in [-0.25, -0.2) is 0 Å². The average Bonchev–Trinajstić information content (AvgIpc) is 2.41. The van der Waals surface area contributed by atoms with E-state index in [-0.39, 0.29) is 16.5 Å². The third-order valence-electron chi connectivity index (χ3n) is 2.72. The third kappa shape index (κ3) is 3.23. The van der Waals surface area contributed by atoms with Crippen molar-refractivity contribution in [3.8, 4) is 17.2 Å². The molecule has 0 aliphatic heterocycles. The Kier molecular flexibility index (Phi) is 4.02. The largest absolute Gasteiger partial charge is 0.507 e. The van der Waals surface area contributed by atoms with Gasteiger partial charge in [-0.3, -0.25) is 0 Å². The second kappa shape index (κ2) is 5.71. The van der Waals surface area contributed by atoms with Crippen LogP contribution in [-0.4, -0.2) is 17.3 Å². The van der Waals surface area contributed by atoms with Gasteiger partial charge in [-0.15, -0.1) is 0 Å². The van der Waals surface area contributed by atoms with Gasteiger partial charge in [0.1, 0.15) is 17.2 Å². The van der Waals surface area contributed by atoms with Crippen LogP contribution in [0.2, 0.25) is 5.02 Å². The van der Waals surface area contributed by atoms with E-state index in [9.17, 15) is 10.2 Å². The maximum absolute atomic E-state index is 9.81. The van der Waals surface area contributed by atoms with E-state index in [1.54, 1.807) is 37.4 Å². The summed E-state index contributed by atoms with van der Waals surface area (Å²) < 4.78 is 5.02. The number of nitrogens with one attached hydrogen (secondary N) is 1. The summed E-state index contributed by atoms with van der Waals surface area (Å²) in [4.78, 5) is 0. The Balaban J connectivity index is 2.07. The maximum Gasteiger partial charge on any atom is 0.134 e. The van der Waals surface area contributed by atoms with Gasteiger partial charge >= 0.3 is 0 Å². The molecule has 0 atom stereocenters. The van der Waals surface area contributed by atoms with Gasteiger partial charge in [0.25, 0.3) is 0 Å². The van der Waals surface area contributed by atoms with Crippen LogP contribution in [-0.2, 0) is 6.54 Å². The van der Waals surface area contributed by atoms with Crippen LogP contribution < -0.4 is 10.1 Å². The SMILES string of the molecule is COc1ccc(CNc2ccc(O)c(Cl)c2)c(O)c1. The summed E-state index contributed by atoms with van der Waals surface area (Å²) in [5.74, 6) is 0.810. The summed E-state index contributed by atoms with van der Waals surface area (Å²) in [6.45, 7) is 0.441. The monoisotopic (exact) mass is 279 g/mol. The van der Waals surface area contributed by atoms with Gasteiger partial charge < -0.3 is 20.3 Å². The molecule has 0 bridgehead atoms. The number of benzene rings is 2. The van der Waals surface area contributed by atoms with Gasteiger partial charge in [-0.05, 0) is 30.3 Å². The Morgan fingerprint density at radius 3 is 2.53 bits per heavy atom. The van der Waals surface area contributed by atoms with E-state index in [4.69, 9.17) is 16.3 Å². The number of methoxy groups -OCH3 is 1. The van der Waals surface area contributed by atoms with E-state index >= 15 is 0 Å². The van der Waals surface area contributed by atoms with Crippen LogP contribution in [0.5, 0.6) is 17.2 Å². The first kappa shape index (κ1) is 13.4. The molecule has 0 radical (unpaired) electrons. The first-order valence-electron chi connectivity index (χ1n) is 5.68. The van der Waals surface area contributed by atoms with Crippen LogP contribution in [0.3, 0.4) is 0 Å². The smallest absolute Gasteiger partial charge is 0.134 e. The minimum atomic E-state index is 0.0412. The highest BCUT2D eigenvalue weighted by Gasteiger charge is 2.04. The summed E-state index contributed by atoms with van der Waals surface area (Å²) in [5, 5.41) is 22.5. The first-order chi connectivity index (χ1) is 9.10. The fourth-order valence-corrected chi connectivity index (χ4v) is 1.81. The van der Waals surface area contributed by atoms with Crippen LogP contribution in [0.1, 0.15) is 5.56 Å². The molecule has 3 N–H and O–H groups in total. The molecule has 0 heterocycles. The lowest BCUT2D eigenvalue weighted by molar-refractivity contribution is 0.406. The number of hydrogen-bond acceptors (Lipinski definition) is 4. The van der Waals surface area contributed by atoms with Crippen molar-refractivity contribution in [2.24, 2.45) is 0 Å². The molecule has 0 aromatic heterocycles. The average molecular weight is 280 g/mol. The quantitative estimate of drug-likeness (QED) is 0.751. The molecule has 100 valence electrons. The zero-order valence-electron chi connectivity index (χ0n) is 10.4. The minimum absolute atomic E-state index is 0.0412.